The van der Waals surface area contributed by atoms with Crippen molar-refractivity contribution in [1.82, 2.24) is 9.97 Å². The van der Waals surface area contributed by atoms with Crippen molar-refractivity contribution in [3.63, 3.8) is 0 Å². The molecule has 1 aliphatic rings. The summed E-state index contributed by atoms with van der Waals surface area (Å²) in [6.07, 6.45) is 0.702. The van der Waals surface area contributed by atoms with Gasteiger partial charge in [-0.05, 0) is 32.9 Å². The van der Waals surface area contributed by atoms with E-state index in [9.17, 15) is 4.79 Å². The Morgan fingerprint density at radius 1 is 1.19 bits per heavy atom. The van der Waals surface area contributed by atoms with E-state index in [4.69, 9.17) is 19.4 Å². The molecule has 1 aromatic heterocycles. The predicted octanol–water partition coefficient (Wildman–Crippen LogP) is 5.04. The zero-order valence-electron chi connectivity index (χ0n) is 18.8. The number of nitrogens with one attached hydrogen (secondary N) is 1. The highest BCUT2D eigenvalue weighted by Gasteiger charge is 2.30. The Bertz CT molecular complexity index is 1130. The molecule has 2 aromatic carbocycles. The van der Waals surface area contributed by atoms with Gasteiger partial charge in [-0.1, -0.05) is 47.7 Å². The smallest absolute Gasteiger partial charge is 0.234 e. The van der Waals surface area contributed by atoms with Crippen molar-refractivity contribution in [2.45, 2.75) is 44.4 Å². The number of hydrogen-bond donors (Lipinski definition) is 1. The summed E-state index contributed by atoms with van der Waals surface area (Å²) in [6.45, 7) is 6.63. The largest absolute Gasteiger partial charge is 0.497 e. The molecule has 0 spiro atoms. The van der Waals surface area contributed by atoms with E-state index in [1.54, 1.807) is 13.2 Å². The molecule has 1 N–H and O–H groups in total. The topological polar surface area (TPSA) is 73.3 Å². The third kappa shape index (κ3) is 5.29. The highest BCUT2D eigenvalue weighted by molar-refractivity contribution is 8.00. The van der Waals surface area contributed by atoms with Crippen LogP contribution in [0.1, 0.15) is 30.7 Å². The summed E-state index contributed by atoms with van der Waals surface area (Å²) in [5.41, 5.74) is 4.53. The fourth-order valence-electron chi connectivity index (χ4n) is 3.50. The SMILES string of the molecule is COc1cccc(NC(=O)CSc2nc(-c3ccc(C)cc3)nc3c2COC(C)(C)C3)c1. The maximum absolute atomic E-state index is 12.6. The molecule has 2 heterocycles. The second-order valence-corrected chi connectivity index (χ2v) is 9.40. The molecule has 1 aliphatic heterocycles. The third-order valence-corrected chi connectivity index (χ3v) is 6.28. The minimum absolute atomic E-state index is 0.107. The first-order valence-corrected chi connectivity index (χ1v) is 11.5. The van der Waals surface area contributed by atoms with Crippen LogP contribution in [0, 0.1) is 6.92 Å². The molecule has 6 nitrogen and oxygen atoms in total. The lowest BCUT2D eigenvalue weighted by Gasteiger charge is -2.32. The van der Waals surface area contributed by atoms with Gasteiger partial charge in [0.1, 0.15) is 10.8 Å². The van der Waals surface area contributed by atoms with Crippen molar-refractivity contribution in [1.29, 1.82) is 0 Å². The summed E-state index contributed by atoms with van der Waals surface area (Å²) < 4.78 is 11.2. The minimum Gasteiger partial charge on any atom is -0.497 e. The van der Waals surface area contributed by atoms with Crippen molar-refractivity contribution in [3.05, 3.63) is 65.4 Å². The number of methoxy groups -OCH3 is 1. The predicted molar refractivity (Wildman–Crippen MR) is 127 cm³/mol. The number of anilines is 1. The van der Waals surface area contributed by atoms with Crippen LogP contribution in [0.25, 0.3) is 11.4 Å². The lowest BCUT2D eigenvalue weighted by atomic mass is 9.96. The number of aryl methyl sites for hydroxylation is 1. The van der Waals surface area contributed by atoms with Crippen LogP contribution < -0.4 is 10.1 Å². The maximum atomic E-state index is 12.6. The summed E-state index contributed by atoms with van der Waals surface area (Å²) >= 11 is 1.41. The summed E-state index contributed by atoms with van der Waals surface area (Å²) in [7, 11) is 1.60. The zero-order valence-corrected chi connectivity index (χ0v) is 19.6. The van der Waals surface area contributed by atoms with Gasteiger partial charge >= 0.3 is 0 Å². The highest BCUT2D eigenvalue weighted by Crippen LogP contribution is 2.34. The normalized spacial score (nSPS) is 14.5. The molecular weight excluding hydrogens is 422 g/mol. The molecule has 0 saturated heterocycles. The molecule has 166 valence electrons. The number of benzene rings is 2. The van der Waals surface area contributed by atoms with E-state index in [1.165, 1.54) is 17.3 Å². The van der Waals surface area contributed by atoms with E-state index < -0.39 is 0 Å². The van der Waals surface area contributed by atoms with E-state index in [1.807, 2.05) is 30.3 Å². The molecule has 4 rings (SSSR count). The third-order valence-electron chi connectivity index (χ3n) is 5.26. The average Bonchev–Trinajstić information content (AvgIpc) is 2.77. The Balaban J connectivity index is 1.57. The fraction of sp³-hybridized carbons (Fsp3) is 0.320. The van der Waals surface area contributed by atoms with E-state index in [0.29, 0.717) is 30.3 Å². The van der Waals surface area contributed by atoms with Crippen molar-refractivity contribution < 1.29 is 14.3 Å². The molecule has 0 saturated carbocycles. The number of rotatable bonds is 6. The van der Waals surface area contributed by atoms with Gasteiger partial charge in [-0.2, -0.15) is 0 Å². The number of nitrogens with zero attached hydrogens (tertiary/aromatic N) is 2. The second-order valence-electron chi connectivity index (χ2n) is 8.44. The summed E-state index contributed by atoms with van der Waals surface area (Å²) in [5.74, 6) is 1.50. The van der Waals surface area contributed by atoms with Gasteiger partial charge < -0.3 is 14.8 Å². The van der Waals surface area contributed by atoms with E-state index >= 15 is 0 Å². The van der Waals surface area contributed by atoms with Gasteiger partial charge in [0, 0.05) is 29.3 Å². The quantitative estimate of drug-likeness (QED) is 0.420. The number of hydrogen-bond acceptors (Lipinski definition) is 6. The minimum atomic E-state index is -0.280. The molecule has 1 amide bonds. The number of amides is 1. The van der Waals surface area contributed by atoms with Crippen LogP contribution in [0.2, 0.25) is 0 Å². The van der Waals surface area contributed by atoms with Crippen LogP contribution >= 0.6 is 11.8 Å². The van der Waals surface area contributed by atoms with Gasteiger partial charge in [0.25, 0.3) is 0 Å². The number of carbonyl (C=O) groups excluding carboxylic acids is 1. The number of thioether (sulfide) groups is 1. The summed E-state index contributed by atoms with van der Waals surface area (Å²) in [5, 5.41) is 3.71. The Kier molecular flexibility index (Phi) is 6.48. The van der Waals surface area contributed by atoms with Crippen LogP contribution in [0.5, 0.6) is 5.75 Å². The number of fused-ring (bicyclic) bond motifs is 1. The summed E-state index contributed by atoms with van der Waals surface area (Å²) in [4.78, 5) is 22.3. The Morgan fingerprint density at radius 3 is 2.72 bits per heavy atom. The lowest BCUT2D eigenvalue weighted by Crippen LogP contribution is -2.33. The molecule has 0 bridgehead atoms. The Morgan fingerprint density at radius 2 is 1.97 bits per heavy atom. The van der Waals surface area contributed by atoms with Crippen LogP contribution in [0.4, 0.5) is 5.69 Å². The zero-order chi connectivity index (χ0) is 22.7. The number of carbonyl (C=O) groups is 1. The lowest BCUT2D eigenvalue weighted by molar-refractivity contribution is -0.113. The van der Waals surface area contributed by atoms with Gasteiger partial charge in [-0.3, -0.25) is 4.79 Å². The first-order valence-electron chi connectivity index (χ1n) is 10.5. The van der Waals surface area contributed by atoms with Crippen LogP contribution in [0.15, 0.2) is 53.6 Å². The van der Waals surface area contributed by atoms with Gasteiger partial charge in [-0.15, -0.1) is 0 Å². The molecule has 0 atom stereocenters. The molecule has 0 radical (unpaired) electrons. The number of aromatic nitrogens is 2. The van der Waals surface area contributed by atoms with Crippen molar-refractivity contribution in [2.75, 3.05) is 18.2 Å². The van der Waals surface area contributed by atoms with Gasteiger partial charge in [-0.25, -0.2) is 9.97 Å². The van der Waals surface area contributed by atoms with E-state index in [2.05, 4.69) is 38.2 Å². The molecule has 7 heteroatoms. The number of ether oxygens (including phenoxy) is 2. The second kappa shape index (κ2) is 9.30. The monoisotopic (exact) mass is 449 g/mol. The molecule has 0 unspecified atom stereocenters. The standard InChI is InChI=1S/C25H27N3O3S/c1-16-8-10-17(11-9-16)23-27-21-13-25(2,3)31-14-20(21)24(28-23)32-15-22(29)26-18-6-5-7-19(12-18)30-4/h5-12H,13-15H2,1-4H3,(H,26,29). The molecule has 0 fully saturated rings. The first kappa shape index (κ1) is 22.3. The summed E-state index contributed by atoms with van der Waals surface area (Å²) in [6, 6.07) is 15.5. The van der Waals surface area contributed by atoms with Crippen molar-refractivity contribution in [2.24, 2.45) is 0 Å². The van der Waals surface area contributed by atoms with Crippen LogP contribution in [0.3, 0.4) is 0 Å². The highest BCUT2D eigenvalue weighted by atomic mass is 32.2. The fourth-order valence-corrected chi connectivity index (χ4v) is 4.35. The van der Waals surface area contributed by atoms with Gasteiger partial charge in [0.2, 0.25) is 5.91 Å². The molecular formula is C25H27N3O3S. The Hall–Kier alpha value is -2.90. The van der Waals surface area contributed by atoms with Crippen LogP contribution in [-0.2, 0) is 22.6 Å². The molecule has 0 aliphatic carbocycles. The van der Waals surface area contributed by atoms with Gasteiger partial charge in [0.15, 0.2) is 5.82 Å². The van der Waals surface area contributed by atoms with Crippen LogP contribution in [-0.4, -0.2) is 34.3 Å². The first-order chi connectivity index (χ1) is 15.3. The van der Waals surface area contributed by atoms with Gasteiger partial charge in [0.05, 0.1) is 30.8 Å². The average molecular weight is 450 g/mol. The van der Waals surface area contributed by atoms with Crippen molar-refractivity contribution >= 4 is 23.4 Å². The maximum Gasteiger partial charge on any atom is 0.234 e. The van der Waals surface area contributed by atoms with E-state index in [0.717, 1.165) is 21.8 Å². The van der Waals surface area contributed by atoms with E-state index in [-0.39, 0.29) is 17.3 Å². The molecule has 32 heavy (non-hydrogen) atoms. The Labute approximate surface area is 192 Å². The molecule has 3 aromatic rings. The van der Waals surface area contributed by atoms with Crippen molar-refractivity contribution in [3.8, 4) is 17.1 Å².